The van der Waals surface area contributed by atoms with Gasteiger partial charge in [-0.25, -0.2) is 4.79 Å². The van der Waals surface area contributed by atoms with Crippen molar-refractivity contribution in [2.24, 2.45) is 0 Å². The van der Waals surface area contributed by atoms with Gasteiger partial charge in [0.25, 0.3) is 5.91 Å². The summed E-state index contributed by atoms with van der Waals surface area (Å²) in [6, 6.07) is 5.09. The Morgan fingerprint density at radius 3 is 2.61 bits per heavy atom. The van der Waals surface area contributed by atoms with Gasteiger partial charge in [-0.05, 0) is 50.8 Å². The molecule has 0 aromatic heterocycles. The van der Waals surface area contributed by atoms with Crippen molar-refractivity contribution in [3.8, 4) is 0 Å². The third-order valence-electron chi connectivity index (χ3n) is 5.90. The Balaban J connectivity index is 1.44. The molecule has 7 heteroatoms. The zero-order chi connectivity index (χ0) is 19.7. The highest BCUT2D eigenvalue weighted by molar-refractivity contribution is 6.05. The van der Waals surface area contributed by atoms with Crippen LogP contribution in [0, 0.1) is 0 Å². The summed E-state index contributed by atoms with van der Waals surface area (Å²) in [4.78, 5) is 41.3. The van der Waals surface area contributed by atoms with Crippen molar-refractivity contribution in [1.82, 2.24) is 4.90 Å². The number of ether oxygens (including phenoxy) is 1. The molecule has 3 aliphatic rings. The van der Waals surface area contributed by atoms with E-state index in [1.165, 1.54) is 0 Å². The summed E-state index contributed by atoms with van der Waals surface area (Å²) in [6.07, 6.45) is 5.28. The molecule has 2 amide bonds. The zero-order valence-corrected chi connectivity index (χ0v) is 16.3. The lowest BCUT2D eigenvalue weighted by molar-refractivity contribution is -0.139. The fourth-order valence-electron chi connectivity index (χ4n) is 4.38. The highest BCUT2D eigenvalue weighted by Gasteiger charge is 2.36. The van der Waals surface area contributed by atoms with E-state index in [-0.39, 0.29) is 17.9 Å². The molecule has 0 spiro atoms. The molecule has 7 nitrogen and oxygen atoms in total. The van der Waals surface area contributed by atoms with E-state index < -0.39 is 12.1 Å². The number of carbonyl (C=O) groups is 3. The third kappa shape index (κ3) is 3.57. The first kappa shape index (κ1) is 18.8. The number of hydrogen-bond donors (Lipinski definition) is 1. The third-order valence-corrected chi connectivity index (χ3v) is 5.90. The molecule has 0 bridgehead atoms. The number of hydrogen-bond acceptors (Lipinski definition) is 5. The number of anilines is 2. The number of likely N-dealkylation sites (tertiary alicyclic amines) is 1. The maximum Gasteiger partial charge on any atom is 0.338 e. The maximum atomic E-state index is 12.6. The van der Waals surface area contributed by atoms with Crippen molar-refractivity contribution in [3.63, 3.8) is 0 Å². The van der Waals surface area contributed by atoms with Gasteiger partial charge in [0, 0.05) is 19.6 Å². The average molecular weight is 385 g/mol. The van der Waals surface area contributed by atoms with Crippen molar-refractivity contribution in [1.29, 1.82) is 0 Å². The summed E-state index contributed by atoms with van der Waals surface area (Å²) < 4.78 is 5.44. The minimum Gasteiger partial charge on any atom is -0.449 e. The number of nitrogens with one attached hydrogen (secondary N) is 1. The van der Waals surface area contributed by atoms with Crippen LogP contribution in [-0.2, 0) is 14.3 Å². The van der Waals surface area contributed by atoms with Gasteiger partial charge in [0.05, 0.1) is 16.9 Å². The Labute approximate surface area is 165 Å². The van der Waals surface area contributed by atoms with Crippen LogP contribution < -0.4 is 10.2 Å². The van der Waals surface area contributed by atoms with Gasteiger partial charge >= 0.3 is 5.97 Å². The number of fused-ring (bicyclic) bond motifs is 3. The lowest BCUT2D eigenvalue weighted by Gasteiger charge is -2.33. The first-order valence-corrected chi connectivity index (χ1v) is 10.3. The van der Waals surface area contributed by atoms with E-state index in [1.54, 1.807) is 24.0 Å². The van der Waals surface area contributed by atoms with E-state index in [4.69, 9.17) is 4.74 Å². The maximum absolute atomic E-state index is 12.6. The number of nitrogens with zero attached hydrogens (tertiary/aromatic N) is 2. The summed E-state index contributed by atoms with van der Waals surface area (Å²) in [5.74, 6) is -0.710. The summed E-state index contributed by atoms with van der Waals surface area (Å²) in [5, 5.41) is 2.90. The quantitative estimate of drug-likeness (QED) is 0.809. The highest BCUT2D eigenvalue weighted by Crippen LogP contribution is 2.37. The van der Waals surface area contributed by atoms with Gasteiger partial charge in [0.1, 0.15) is 6.04 Å². The van der Waals surface area contributed by atoms with E-state index in [9.17, 15) is 14.4 Å². The molecular formula is C21H27N3O4. The number of rotatable bonds is 3. The first-order valence-electron chi connectivity index (χ1n) is 10.3. The molecule has 2 fully saturated rings. The Hall–Kier alpha value is -2.57. The van der Waals surface area contributed by atoms with Crippen molar-refractivity contribution in [2.75, 3.05) is 29.9 Å². The van der Waals surface area contributed by atoms with Gasteiger partial charge in [-0.15, -0.1) is 0 Å². The van der Waals surface area contributed by atoms with Crippen LogP contribution in [-0.4, -0.2) is 54.5 Å². The van der Waals surface area contributed by atoms with Gasteiger partial charge in [0.15, 0.2) is 6.10 Å². The standard InChI is InChI=1S/C21H27N3O4/c1-14(20(26)23-10-4-2-3-5-11-23)28-21(27)15-8-9-17-16(13-15)22-19(25)18-7-6-12-24(17)18/h8-9,13-14,18H,2-7,10-12H2,1H3,(H,22,25)/t14-,18+/m1/s1. The van der Waals surface area contributed by atoms with Gasteiger partial charge in [-0.3, -0.25) is 9.59 Å². The summed E-state index contributed by atoms with van der Waals surface area (Å²) >= 11 is 0. The van der Waals surface area contributed by atoms with Crippen molar-refractivity contribution < 1.29 is 19.1 Å². The normalized spacial score (nSPS) is 22.6. The predicted octanol–water partition coefficient (Wildman–Crippen LogP) is 2.56. The summed E-state index contributed by atoms with van der Waals surface area (Å²) in [5.41, 5.74) is 1.91. The topological polar surface area (TPSA) is 79.0 Å². The van der Waals surface area contributed by atoms with Crippen LogP contribution in [0.3, 0.4) is 0 Å². The van der Waals surface area contributed by atoms with Crippen molar-refractivity contribution >= 4 is 29.2 Å². The second-order valence-corrected chi connectivity index (χ2v) is 7.86. The molecule has 4 rings (SSSR count). The van der Waals surface area contributed by atoms with E-state index in [0.717, 1.165) is 63.8 Å². The second-order valence-electron chi connectivity index (χ2n) is 7.86. The van der Waals surface area contributed by atoms with Crippen LogP contribution in [0.2, 0.25) is 0 Å². The summed E-state index contributed by atoms with van der Waals surface area (Å²) in [6.45, 7) is 3.92. The average Bonchev–Trinajstić information content (AvgIpc) is 3.03. The lowest BCUT2D eigenvalue weighted by Crippen LogP contribution is -2.44. The Bertz CT molecular complexity index is 786. The van der Waals surface area contributed by atoms with Gasteiger partial charge < -0.3 is 19.9 Å². The molecule has 2 saturated heterocycles. The minimum absolute atomic E-state index is 0.0276. The second kappa shape index (κ2) is 7.81. The molecule has 0 saturated carbocycles. The number of esters is 1. The minimum atomic E-state index is -0.820. The van der Waals surface area contributed by atoms with E-state index in [1.807, 2.05) is 6.07 Å². The van der Waals surface area contributed by atoms with Crippen LogP contribution in [0.25, 0.3) is 0 Å². The van der Waals surface area contributed by atoms with Gasteiger partial charge in [-0.1, -0.05) is 12.8 Å². The van der Waals surface area contributed by atoms with Crippen LogP contribution in [0.5, 0.6) is 0 Å². The Kier molecular flexibility index (Phi) is 5.24. The SMILES string of the molecule is C[C@@H](OC(=O)c1ccc2c(c1)NC(=O)[C@@H]1CCCN21)C(=O)N1CCCCCC1. The van der Waals surface area contributed by atoms with E-state index in [2.05, 4.69) is 10.2 Å². The zero-order valence-electron chi connectivity index (χ0n) is 16.3. The molecule has 150 valence electrons. The Morgan fingerprint density at radius 1 is 1.11 bits per heavy atom. The lowest BCUT2D eigenvalue weighted by atomic mass is 10.1. The van der Waals surface area contributed by atoms with Crippen LogP contribution in [0.4, 0.5) is 11.4 Å². The largest absolute Gasteiger partial charge is 0.449 e. The molecule has 28 heavy (non-hydrogen) atoms. The number of benzene rings is 1. The molecule has 3 aliphatic heterocycles. The van der Waals surface area contributed by atoms with Crippen molar-refractivity contribution in [3.05, 3.63) is 23.8 Å². The molecule has 0 unspecified atom stereocenters. The molecule has 1 aromatic rings. The molecule has 1 aromatic carbocycles. The Morgan fingerprint density at radius 2 is 1.86 bits per heavy atom. The first-order chi connectivity index (χ1) is 13.5. The fraction of sp³-hybridized carbons (Fsp3) is 0.571. The van der Waals surface area contributed by atoms with Crippen molar-refractivity contribution in [2.45, 2.75) is 57.6 Å². The predicted molar refractivity (Wildman–Crippen MR) is 105 cm³/mol. The van der Waals surface area contributed by atoms with Gasteiger partial charge in [-0.2, -0.15) is 0 Å². The summed E-state index contributed by atoms with van der Waals surface area (Å²) in [7, 11) is 0. The molecule has 1 N–H and O–H groups in total. The highest BCUT2D eigenvalue weighted by atomic mass is 16.5. The number of carbonyl (C=O) groups excluding carboxylic acids is 3. The molecular weight excluding hydrogens is 358 g/mol. The fourth-order valence-corrected chi connectivity index (χ4v) is 4.38. The molecule has 2 atom stereocenters. The molecule has 0 aliphatic carbocycles. The smallest absolute Gasteiger partial charge is 0.338 e. The van der Waals surface area contributed by atoms with E-state index >= 15 is 0 Å². The monoisotopic (exact) mass is 385 g/mol. The number of amides is 2. The van der Waals surface area contributed by atoms with E-state index in [0.29, 0.717) is 11.3 Å². The van der Waals surface area contributed by atoms with Gasteiger partial charge in [0.2, 0.25) is 5.91 Å². The molecule has 0 radical (unpaired) electrons. The van der Waals surface area contributed by atoms with Crippen LogP contribution in [0.1, 0.15) is 55.8 Å². The van der Waals surface area contributed by atoms with Crippen LogP contribution >= 0.6 is 0 Å². The van der Waals surface area contributed by atoms with Crippen LogP contribution in [0.15, 0.2) is 18.2 Å². The molecule has 3 heterocycles.